The summed E-state index contributed by atoms with van der Waals surface area (Å²) in [4.78, 5) is 16.4. The van der Waals surface area contributed by atoms with Crippen molar-refractivity contribution in [3.63, 3.8) is 0 Å². The summed E-state index contributed by atoms with van der Waals surface area (Å²) in [5, 5.41) is 3.96. The standard InChI is InChI=1S/C21H25Cl2N3O3/c1-25(8-13-29-20-7-2-16(22)14-19(20)23)15-21(27)24-17-3-5-18(6-4-17)26-9-11-28-12-10-26/h2-7,14H,8-13,15H2,1H3,(H,24,27). The van der Waals surface area contributed by atoms with Crippen molar-refractivity contribution in [2.24, 2.45) is 0 Å². The fourth-order valence-electron chi connectivity index (χ4n) is 3.01. The highest BCUT2D eigenvalue weighted by atomic mass is 35.5. The van der Waals surface area contributed by atoms with Crippen molar-refractivity contribution in [1.29, 1.82) is 0 Å². The van der Waals surface area contributed by atoms with Gasteiger partial charge in [0.15, 0.2) is 0 Å². The van der Waals surface area contributed by atoms with Gasteiger partial charge in [0.2, 0.25) is 5.91 Å². The van der Waals surface area contributed by atoms with Gasteiger partial charge in [-0.2, -0.15) is 0 Å². The summed E-state index contributed by atoms with van der Waals surface area (Å²) in [7, 11) is 1.87. The van der Waals surface area contributed by atoms with Gasteiger partial charge in [-0.05, 0) is 49.5 Å². The van der Waals surface area contributed by atoms with Crippen LogP contribution in [0.5, 0.6) is 5.75 Å². The quantitative estimate of drug-likeness (QED) is 0.680. The maximum atomic E-state index is 12.3. The first-order chi connectivity index (χ1) is 14.0. The number of anilines is 2. The second kappa shape index (κ2) is 10.7. The zero-order valence-corrected chi connectivity index (χ0v) is 17.9. The predicted molar refractivity (Wildman–Crippen MR) is 118 cm³/mol. The van der Waals surface area contributed by atoms with Crippen LogP contribution in [0.4, 0.5) is 11.4 Å². The van der Waals surface area contributed by atoms with Crippen LogP contribution in [0.2, 0.25) is 10.0 Å². The zero-order chi connectivity index (χ0) is 20.6. The van der Waals surface area contributed by atoms with Crippen LogP contribution in [0.3, 0.4) is 0 Å². The van der Waals surface area contributed by atoms with Crippen molar-refractivity contribution in [2.45, 2.75) is 0 Å². The molecule has 0 spiro atoms. The van der Waals surface area contributed by atoms with E-state index in [0.717, 1.165) is 37.7 Å². The Kier molecular flexibility index (Phi) is 8.00. The van der Waals surface area contributed by atoms with Crippen LogP contribution in [-0.2, 0) is 9.53 Å². The van der Waals surface area contributed by atoms with Gasteiger partial charge in [-0.15, -0.1) is 0 Å². The Bertz CT molecular complexity index is 811. The number of likely N-dealkylation sites (N-methyl/N-ethyl adjacent to an activating group) is 1. The molecule has 29 heavy (non-hydrogen) atoms. The molecule has 1 heterocycles. The Balaban J connectivity index is 1.40. The van der Waals surface area contributed by atoms with E-state index in [1.807, 2.05) is 36.2 Å². The average Bonchev–Trinajstić information content (AvgIpc) is 2.71. The molecule has 6 nitrogen and oxygen atoms in total. The molecule has 0 radical (unpaired) electrons. The van der Waals surface area contributed by atoms with E-state index < -0.39 is 0 Å². The maximum Gasteiger partial charge on any atom is 0.238 e. The number of halogens is 2. The molecule has 0 aromatic heterocycles. The van der Waals surface area contributed by atoms with E-state index in [1.54, 1.807) is 18.2 Å². The number of rotatable bonds is 8. The second-order valence-electron chi connectivity index (χ2n) is 6.86. The van der Waals surface area contributed by atoms with Crippen LogP contribution in [0.1, 0.15) is 0 Å². The van der Waals surface area contributed by atoms with Gasteiger partial charge < -0.3 is 19.7 Å². The minimum atomic E-state index is -0.0730. The molecule has 2 aromatic rings. The summed E-state index contributed by atoms with van der Waals surface area (Å²) < 4.78 is 11.0. The molecule has 0 aliphatic carbocycles. The first-order valence-electron chi connectivity index (χ1n) is 9.50. The highest BCUT2D eigenvalue weighted by molar-refractivity contribution is 6.35. The largest absolute Gasteiger partial charge is 0.491 e. The van der Waals surface area contributed by atoms with E-state index in [9.17, 15) is 4.79 Å². The van der Waals surface area contributed by atoms with Crippen molar-refractivity contribution in [1.82, 2.24) is 4.90 Å². The molecular formula is C21H25Cl2N3O3. The minimum Gasteiger partial charge on any atom is -0.491 e. The van der Waals surface area contributed by atoms with Gasteiger partial charge in [0.1, 0.15) is 12.4 Å². The van der Waals surface area contributed by atoms with E-state index >= 15 is 0 Å². The molecule has 1 aliphatic rings. The van der Waals surface area contributed by atoms with Crippen molar-refractivity contribution < 1.29 is 14.3 Å². The molecule has 1 fully saturated rings. The summed E-state index contributed by atoms with van der Waals surface area (Å²) in [6.07, 6.45) is 0. The summed E-state index contributed by atoms with van der Waals surface area (Å²) >= 11 is 12.0. The molecule has 2 aromatic carbocycles. The number of nitrogens with one attached hydrogen (secondary N) is 1. The summed E-state index contributed by atoms with van der Waals surface area (Å²) in [5.74, 6) is 0.505. The van der Waals surface area contributed by atoms with Gasteiger partial charge in [0, 0.05) is 36.0 Å². The summed E-state index contributed by atoms with van der Waals surface area (Å²) in [6, 6.07) is 13.0. The lowest BCUT2D eigenvalue weighted by Gasteiger charge is -2.28. The van der Waals surface area contributed by atoms with Crippen LogP contribution < -0.4 is 15.0 Å². The van der Waals surface area contributed by atoms with Gasteiger partial charge in [-0.25, -0.2) is 0 Å². The molecule has 0 unspecified atom stereocenters. The fourth-order valence-corrected chi connectivity index (χ4v) is 3.47. The first kappa shape index (κ1) is 21.7. The third-order valence-electron chi connectivity index (χ3n) is 4.57. The van der Waals surface area contributed by atoms with Gasteiger partial charge in [-0.1, -0.05) is 23.2 Å². The smallest absolute Gasteiger partial charge is 0.238 e. The normalized spacial score (nSPS) is 14.1. The predicted octanol–water partition coefficient (Wildman–Crippen LogP) is 3.78. The van der Waals surface area contributed by atoms with Crippen LogP contribution in [0.25, 0.3) is 0 Å². The average molecular weight is 438 g/mol. The molecule has 0 atom stereocenters. The highest BCUT2D eigenvalue weighted by Crippen LogP contribution is 2.27. The fraction of sp³-hybridized carbons (Fsp3) is 0.381. The SMILES string of the molecule is CN(CCOc1ccc(Cl)cc1Cl)CC(=O)Nc1ccc(N2CCOCC2)cc1. The third-order valence-corrected chi connectivity index (χ3v) is 5.10. The lowest BCUT2D eigenvalue weighted by molar-refractivity contribution is -0.117. The van der Waals surface area contributed by atoms with Crippen molar-refractivity contribution >= 4 is 40.5 Å². The molecule has 1 N–H and O–H groups in total. The number of morpholine rings is 1. The zero-order valence-electron chi connectivity index (χ0n) is 16.4. The summed E-state index contributed by atoms with van der Waals surface area (Å²) in [5.41, 5.74) is 1.92. The Morgan fingerprint density at radius 3 is 2.59 bits per heavy atom. The van der Waals surface area contributed by atoms with Crippen LogP contribution in [0, 0.1) is 0 Å². The van der Waals surface area contributed by atoms with Gasteiger partial charge in [-0.3, -0.25) is 9.69 Å². The van der Waals surface area contributed by atoms with Crippen LogP contribution >= 0.6 is 23.2 Å². The molecule has 1 aliphatic heterocycles. The van der Waals surface area contributed by atoms with Gasteiger partial charge >= 0.3 is 0 Å². The van der Waals surface area contributed by atoms with E-state index in [1.165, 1.54) is 0 Å². The number of nitrogens with zero attached hydrogens (tertiary/aromatic N) is 2. The number of carbonyl (C=O) groups is 1. The summed E-state index contributed by atoms with van der Waals surface area (Å²) in [6.45, 7) is 4.54. The van der Waals surface area contributed by atoms with Crippen LogP contribution in [-0.4, -0.2) is 63.9 Å². The molecule has 1 saturated heterocycles. The van der Waals surface area contributed by atoms with E-state index in [-0.39, 0.29) is 12.5 Å². The van der Waals surface area contributed by atoms with Crippen molar-refractivity contribution in [3.05, 3.63) is 52.5 Å². The van der Waals surface area contributed by atoms with Crippen LogP contribution in [0.15, 0.2) is 42.5 Å². The molecule has 0 saturated carbocycles. The Hall–Kier alpha value is -1.99. The van der Waals surface area contributed by atoms with Crippen molar-refractivity contribution in [3.8, 4) is 5.75 Å². The number of benzene rings is 2. The van der Waals surface area contributed by atoms with Crippen molar-refractivity contribution in [2.75, 3.05) is 63.3 Å². The lowest BCUT2D eigenvalue weighted by Crippen LogP contribution is -2.36. The number of amides is 1. The van der Waals surface area contributed by atoms with E-state index in [2.05, 4.69) is 10.2 Å². The van der Waals surface area contributed by atoms with Gasteiger partial charge in [0.25, 0.3) is 0 Å². The Morgan fingerprint density at radius 2 is 1.90 bits per heavy atom. The lowest BCUT2D eigenvalue weighted by atomic mass is 10.2. The topological polar surface area (TPSA) is 54.0 Å². The molecule has 1 amide bonds. The highest BCUT2D eigenvalue weighted by Gasteiger charge is 2.12. The Labute approximate surface area is 181 Å². The minimum absolute atomic E-state index is 0.0730. The molecule has 0 bridgehead atoms. The number of hydrogen-bond donors (Lipinski definition) is 1. The van der Waals surface area contributed by atoms with Gasteiger partial charge in [0.05, 0.1) is 24.8 Å². The Morgan fingerprint density at radius 1 is 1.17 bits per heavy atom. The number of carbonyl (C=O) groups excluding carboxylic acids is 1. The molecular weight excluding hydrogens is 413 g/mol. The van der Waals surface area contributed by atoms with E-state index in [4.69, 9.17) is 32.7 Å². The second-order valence-corrected chi connectivity index (χ2v) is 7.70. The molecule has 156 valence electrons. The number of hydrogen-bond acceptors (Lipinski definition) is 5. The number of ether oxygens (including phenoxy) is 2. The van der Waals surface area contributed by atoms with E-state index in [0.29, 0.717) is 28.9 Å². The molecule has 8 heteroatoms. The monoisotopic (exact) mass is 437 g/mol. The first-order valence-corrected chi connectivity index (χ1v) is 10.3. The third kappa shape index (κ3) is 6.78. The molecule has 3 rings (SSSR count). The maximum absolute atomic E-state index is 12.3.